The first-order valence-corrected chi connectivity index (χ1v) is 25.6. The molecular formula is C43H48GeIrN4O-2. The molecular weight excluding hydrogens is 853 g/mol. The van der Waals surface area contributed by atoms with Gasteiger partial charge in [0.15, 0.2) is 0 Å². The van der Waals surface area contributed by atoms with Crippen LogP contribution in [0.1, 0.15) is 86.1 Å². The van der Waals surface area contributed by atoms with E-state index in [4.69, 9.17) is 9.40 Å². The fourth-order valence-corrected chi connectivity index (χ4v) is 11.2. The van der Waals surface area contributed by atoms with E-state index in [1.807, 2.05) is 31.5 Å². The van der Waals surface area contributed by atoms with E-state index in [1.54, 1.807) is 9.96 Å². The summed E-state index contributed by atoms with van der Waals surface area (Å²) in [6, 6.07) is 23.6. The van der Waals surface area contributed by atoms with Gasteiger partial charge in [0.25, 0.3) is 0 Å². The monoisotopic (exact) mass is 903 g/mol. The van der Waals surface area contributed by atoms with E-state index >= 15 is 0 Å². The smallest absolute Gasteiger partial charge is 0 e. The second-order valence-electron chi connectivity index (χ2n) is 15.3. The van der Waals surface area contributed by atoms with Gasteiger partial charge >= 0.3 is 137 Å². The van der Waals surface area contributed by atoms with Crippen molar-refractivity contribution in [3.05, 3.63) is 102 Å². The molecule has 0 saturated heterocycles. The van der Waals surface area contributed by atoms with Crippen molar-refractivity contribution in [2.75, 3.05) is 0 Å². The zero-order valence-electron chi connectivity index (χ0n) is 30.1. The molecule has 5 heterocycles. The molecule has 0 amide bonds. The number of aromatic nitrogens is 4. The van der Waals surface area contributed by atoms with Crippen molar-refractivity contribution in [1.82, 2.24) is 19.9 Å². The van der Waals surface area contributed by atoms with Gasteiger partial charge in [-0.25, -0.2) is 4.98 Å². The molecule has 2 aliphatic carbocycles. The van der Waals surface area contributed by atoms with Gasteiger partial charge in [0.2, 0.25) is 5.71 Å². The molecule has 0 aliphatic heterocycles. The Bertz CT molecular complexity index is 2060. The maximum Gasteiger partial charge on any atom is 0 e. The van der Waals surface area contributed by atoms with Crippen LogP contribution in [-0.2, 0) is 26.5 Å². The van der Waals surface area contributed by atoms with E-state index in [9.17, 15) is 0 Å². The number of rotatable bonds is 6. The fraction of sp³-hybridized carbons (Fsp3) is 0.395. The van der Waals surface area contributed by atoms with Crippen LogP contribution in [0.15, 0.2) is 71.5 Å². The molecule has 2 aliphatic rings. The van der Waals surface area contributed by atoms with Crippen LogP contribution in [0.5, 0.6) is 0 Å². The van der Waals surface area contributed by atoms with Crippen LogP contribution in [0.25, 0.3) is 44.7 Å². The molecule has 1 aromatic carbocycles. The minimum Gasteiger partial charge on any atom is 0 e. The van der Waals surface area contributed by atoms with Gasteiger partial charge in [0.05, 0.1) is 5.58 Å². The van der Waals surface area contributed by atoms with Crippen molar-refractivity contribution in [3.63, 3.8) is 0 Å². The molecule has 2 saturated carbocycles. The molecule has 6 aromatic rings. The van der Waals surface area contributed by atoms with Gasteiger partial charge in [0, 0.05) is 42.9 Å². The summed E-state index contributed by atoms with van der Waals surface area (Å²) in [5.74, 6) is 8.97. The summed E-state index contributed by atoms with van der Waals surface area (Å²) in [6.07, 6.45) is 19.4. The largest absolute Gasteiger partial charge is 0 e. The average molecular weight is 902 g/mol. The second-order valence-corrected chi connectivity index (χ2v) is 25.8. The van der Waals surface area contributed by atoms with Crippen molar-refractivity contribution in [2.45, 2.75) is 101 Å². The quantitative estimate of drug-likeness (QED) is 0.123. The van der Waals surface area contributed by atoms with E-state index in [0.29, 0.717) is 17.2 Å². The number of pyridine rings is 4. The van der Waals surface area contributed by atoms with Gasteiger partial charge in [-0.2, -0.15) is 0 Å². The van der Waals surface area contributed by atoms with Crippen LogP contribution in [0.2, 0.25) is 17.3 Å². The summed E-state index contributed by atoms with van der Waals surface area (Å²) >= 11 is -1.87. The molecule has 0 unspecified atom stereocenters. The van der Waals surface area contributed by atoms with E-state index in [1.165, 1.54) is 69.8 Å². The first-order valence-electron chi connectivity index (χ1n) is 18.2. The van der Waals surface area contributed by atoms with Gasteiger partial charge in [-0.05, 0) is 56.0 Å². The zero-order valence-corrected chi connectivity index (χ0v) is 34.6. The number of nitrogens with zero attached hydrogens (tertiary/aromatic N) is 4. The van der Waals surface area contributed by atoms with Gasteiger partial charge in [-0.3, -0.25) is 0 Å². The molecule has 5 nitrogen and oxygen atoms in total. The molecule has 0 bridgehead atoms. The molecule has 8 rings (SSSR count). The van der Waals surface area contributed by atoms with Crippen LogP contribution in [0.3, 0.4) is 0 Å². The number of fused-ring (bicyclic) bond motifs is 3. The van der Waals surface area contributed by atoms with E-state index in [2.05, 4.69) is 93.9 Å². The Morgan fingerprint density at radius 2 is 1.58 bits per heavy atom. The predicted molar refractivity (Wildman–Crippen MR) is 204 cm³/mol. The minimum absolute atomic E-state index is 0. The molecule has 0 spiro atoms. The van der Waals surface area contributed by atoms with E-state index in [-0.39, 0.29) is 20.1 Å². The summed E-state index contributed by atoms with van der Waals surface area (Å²) in [7, 11) is 0. The molecule has 2 fully saturated rings. The van der Waals surface area contributed by atoms with E-state index < -0.39 is 13.3 Å². The van der Waals surface area contributed by atoms with Crippen LogP contribution in [0.4, 0.5) is 0 Å². The normalized spacial score (nSPS) is 15.5. The van der Waals surface area contributed by atoms with Crippen LogP contribution in [0, 0.1) is 31.9 Å². The SMILES string of the molecule is Cc1cc(C)c2c(n1)oc1[c-]c(-c3cc(C4CCCCC4)ccn3)cnc12.[CH3][Ge]([CH3])([CH3])[c]1cnc(-c2[c-]cccc2)cc1CC1CCCC1.[Ir]. The van der Waals surface area contributed by atoms with Crippen molar-refractivity contribution < 1.29 is 24.5 Å². The summed E-state index contributed by atoms with van der Waals surface area (Å²) in [5, 5.41) is 0.974. The van der Waals surface area contributed by atoms with Crippen molar-refractivity contribution in [1.29, 1.82) is 0 Å². The number of furan rings is 1. The Morgan fingerprint density at radius 1 is 0.820 bits per heavy atom. The maximum absolute atomic E-state index is 5.97. The van der Waals surface area contributed by atoms with Gasteiger partial charge in [0.1, 0.15) is 0 Å². The third-order valence-electron chi connectivity index (χ3n) is 10.4. The first-order chi connectivity index (χ1) is 23.7. The zero-order chi connectivity index (χ0) is 34.0. The van der Waals surface area contributed by atoms with Gasteiger partial charge in [-0.15, -0.1) is 5.56 Å². The van der Waals surface area contributed by atoms with Crippen LogP contribution < -0.4 is 4.40 Å². The second kappa shape index (κ2) is 16.0. The predicted octanol–water partition coefficient (Wildman–Crippen LogP) is 10.7. The third-order valence-corrected chi connectivity index (χ3v) is 14.8. The maximum atomic E-state index is 5.97. The number of aryl methyl sites for hydroxylation is 2. The Balaban J connectivity index is 0.000000173. The van der Waals surface area contributed by atoms with Crippen molar-refractivity contribution in [2.24, 2.45) is 5.92 Å². The molecule has 7 heteroatoms. The van der Waals surface area contributed by atoms with Gasteiger partial charge < -0.3 is 14.4 Å². The van der Waals surface area contributed by atoms with Crippen molar-refractivity contribution >= 4 is 39.9 Å². The van der Waals surface area contributed by atoms with E-state index in [0.717, 1.165) is 50.6 Å². The Kier molecular flexibility index (Phi) is 11.7. The minimum atomic E-state index is -1.87. The number of hydrogen-bond acceptors (Lipinski definition) is 5. The summed E-state index contributed by atoms with van der Waals surface area (Å²) in [6.45, 7) is 4.04. The summed E-state index contributed by atoms with van der Waals surface area (Å²) < 4.78 is 7.56. The number of hydrogen-bond donors (Lipinski definition) is 0. The molecule has 0 atom stereocenters. The number of benzene rings is 1. The molecule has 50 heavy (non-hydrogen) atoms. The summed E-state index contributed by atoms with van der Waals surface area (Å²) in [4.78, 5) is 18.5. The third kappa shape index (κ3) is 8.30. The molecule has 0 N–H and O–H groups in total. The average Bonchev–Trinajstić information content (AvgIpc) is 3.76. The molecule has 261 valence electrons. The summed E-state index contributed by atoms with van der Waals surface area (Å²) in [5.41, 5.74) is 11.1. The first kappa shape index (κ1) is 36.6. The molecule has 1 radical (unpaired) electrons. The Morgan fingerprint density at radius 3 is 2.32 bits per heavy atom. The Hall–Kier alpha value is -3.19. The van der Waals surface area contributed by atoms with Gasteiger partial charge in [-0.1, -0.05) is 43.2 Å². The van der Waals surface area contributed by atoms with Crippen molar-refractivity contribution in [3.8, 4) is 22.5 Å². The van der Waals surface area contributed by atoms with Crippen LogP contribution >= 0.6 is 0 Å². The molecule has 5 aromatic heterocycles. The fourth-order valence-electron chi connectivity index (χ4n) is 7.90. The standard InChI is InChI=1S/C23H22N3O.C20H26GeN.Ir/c1-14-10-15(2)26-23-21(14)22-20(27-23)12-18(13-25-22)19-11-17(8-9-24-19)16-6-4-3-5-7-16;1-21(2,3)19-15-22-20(17-11-5-4-6-12-17)14-18(19)13-16-9-7-8-10-16;/h8-11,13,16H,3-7H2,1-2H3;4-6,11,14-16H,7-10,13H2,1-3H3;/q2*-1;. The topological polar surface area (TPSA) is 64.7 Å². The van der Waals surface area contributed by atoms with Crippen LogP contribution in [-0.4, -0.2) is 33.2 Å². The Labute approximate surface area is 313 Å².